The second-order valence-electron chi connectivity index (χ2n) is 4.10. The third-order valence-electron chi connectivity index (χ3n) is 2.82. The summed E-state index contributed by atoms with van der Waals surface area (Å²) < 4.78 is 0. The number of aliphatic carboxylic acids is 1. The lowest BCUT2D eigenvalue weighted by Gasteiger charge is -2.42. The molecule has 0 aliphatic carbocycles. The van der Waals surface area contributed by atoms with Gasteiger partial charge in [0, 0.05) is 5.75 Å². The van der Waals surface area contributed by atoms with E-state index < -0.39 is 17.0 Å². The molecule has 76 valence electrons. The van der Waals surface area contributed by atoms with Gasteiger partial charge in [0.05, 0.1) is 5.60 Å². The Labute approximate surface area is 82.5 Å². The van der Waals surface area contributed by atoms with E-state index in [1.807, 2.05) is 0 Å². The summed E-state index contributed by atoms with van der Waals surface area (Å²) in [5.74, 6) is 0.656. The predicted molar refractivity (Wildman–Crippen MR) is 52.9 cm³/mol. The van der Waals surface area contributed by atoms with Crippen LogP contribution in [-0.4, -0.2) is 33.3 Å². The lowest BCUT2D eigenvalue weighted by Crippen LogP contribution is -2.52. The summed E-state index contributed by atoms with van der Waals surface area (Å²) in [4.78, 5) is 11.1. The lowest BCUT2D eigenvalue weighted by atomic mass is 9.72. The number of carbonyl (C=O) groups is 1. The smallest absolute Gasteiger partial charge is 0.313 e. The molecule has 1 atom stereocenters. The molecule has 3 nitrogen and oxygen atoms in total. The highest BCUT2D eigenvalue weighted by molar-refractivity contribution is 7.99. The first kappa shape index (κ1) is 10.9. The van der Waals surface area contributed by atoms with Crippen LogP contribution in [0.2, 0.25) is 0 Å². The fraction of sp³-hybridized carbons (Fsp3) is 0.889. The molecule has 0 aromatic rings. The van der Waals surface area contributed by atoms with E-state index in [1.54, 1.807) is 25.6 Å². The zero-order valence-corrected chi connectivity index (χ0v) is 8.86. The van der Waals surface area contributed by atoms with Crippen molar-refractivity contribution in [1.29, 1.82) is 0 Å². The van der Waals surface area contributed by atoms with Crippen LogP contribution in [0.15, 0.2) is 0 Å². The summed E-state index contributed by atoms with van der Waals surface area (Å²) in [5.41, 5.74) is -2.08. The van der Waals surface area contributed by atoms with Gasteiger partial charge in [0.25, 0.3) is 0 Å². The lowest BCUT2D eigenvalue weighted by molar-refractivity contribution is -0.163. The molecule has 2 N–H and O–H groups in total. The van der Waals surface area contributed by atoms with E-state index in [2.05, 4.69) is 0 Å². The number of hydrogen-bond donors (Lipinski definition) is 2. The number of hydrogen-bond acceptors (Lipinski definition) is 3. The number of carboxylic acids is 1. The van der Waals surface area contributed by atoms with Gasteiger partial charge in [0.2, 0.25) is 0 Å². The summed E-state index contributed by atoms with van der Waals surface area (Å²) in [5, 5.41) is 19.0. The average molecular weight is 204 g/mol. The fourth-order valence-electron chi connectivity index (χ4n) is 1.71. The van der Waals surface area contributed by atoms with Crippen LogP contribution in [0.1, 0.15) is 26.7 Å². The Hall–Kier alpha value is -0.220. The van der Waals surface area contributed by atoms with E-state index >= 15 is 0 Å². The molecule has 1 aliphatic rings. The normalized spacial score (nSPS) is 30.1. The molecule has 13 heavy (non-hydrogen) atoms. The van der Waals surface area contributed by atoms with Crippen LogP contribution >= 0.6 is 11.8 Å². The first-order valence-electron chi connectivity index (χ1n) is 4.44. The van der Waals surface area contributed by atoms with Gasteiger partial charge in [-0.2, -0.15) is 11.8 Å². The number of thioether (sulfide) groups is 1. The van der Waals surface area contributed by atoms with Crippen molar-refractivity contribution in [2.45, 2.75) is 32.3 Å². The highest BCUT2D eigenvalue weighted by atomic mass is 32.2. The molecule has 0 amide bonds. The van der Waals surface area contributed by atoms with Gasteiger partial charge in [0.1, 0.15) is 5.41 Å². The molecule has 1 saturated heterocycles. The zero-order chi connectivity index (χ0) is 10.1. The van der Waals surface area contributed by atoms with Crippen molar-refractivity contribution in [3.05, 3.63) is 0 Å². The van der Waals surface area contributed by atoms with Crippen LogP contribution in [0.3, 0.4) is 0 Å². The molecule has 1 rings (SSSR count). The highest BCUT2D eigenvalue weighted by Gasteiger charge is 2.51. The Bertz CT molecular complexity index is 201. The van der Waals surface area contributed by atoms with E-state index in [4.69, 9.17) is 5.11 Å². The van der Waals surface area contributed by atoms with Crippen LogP contribution in [0.4, 0.5) is 0 Å². The maximum Gasteiger partial charge on any atom is 0.313 e. The van der Waals surface area contributed by atoms with Crippen molar-refractivity contribution in [3.8, 4) is 0 Å². The van der Waals surface area contributed by atoms with Crippen molar-refractivity contribution >= 4 is 17.7 Å². The molecule has 1 aliphatic heterocycles. The Kier molecular flexibility index (Phi) is 2.92. The monoisotopic (exact) mass is 204 g/mol. The van der Waals surface area contributed by atoms with Crippen LogP contribution in [0.5, 0.6) is 0 Å². The van der Waals surface area contributed by atoms with E-state index in [-0.39, 0.29) is 0 Å². The maximum absolute atomic E-state index is 11.1. The first-order valence-corrected chi connectivity index (χ1v) is 5.59. The van der Waals surface area contributed by atoms with Gasteiger partial charge in [-0.25, -0.2) is 0 Å². The molecule has 0 saturated carbocycles. The summed E-state index contributed by atoms with van der Waals surface area (Å²) in [6.45, 7) is 3.18. The number of aliphatic hydroxyl groups is 1. The minimum atomic E-state index is -1.13. The van der Waals surface area contributed by atoms with Crippen molar-refractivity contribution in [3.63, 3.8) is 0 Å². The predicted octanol–water partition coefficient (Wildman–Crippen LogP) is 1.36. The first-order chi connectivity index (χ1) is 5.90. The molecule has 1 unspecified atom stereocenters. The number of rotatable bonds is 2. The minimum Gasteiger partial charge on any atom is -0.481 e. The van der Waals surface area contributed by atoms with E-state index in [9.17, 15) is 9.90 Å². The summed E-state index contributed by atoms with van der Waals surface area (Å²) in [7, 11) is 0. The number of carboxylic acid groups (broad SMARTS) is 1. The SMILES string of the molecule is CC(C)(O)C1(C(=O)O)CCCSC1. The molecule has 0 aromatic heterocycles. The molecular weight excluding hydrogens is 188 g/mol. The van der Waals surface area contributed by atoms with Gasteiger partial charge in [0.15, 0.2) is 0 Å². The van der Waals surface area contributed by atoms with Crippen LogP contribution < -0.4 is 0 Å². The third-order valence-corrected chi connectivity index (χ3v) is 4.10. The molecule has 4 heteroatoms. The molecule has 1 heterocycles. The van der Waals surface area contributed by atoms with Crippen molar-refractivity contribution in [2.75, 3.05) is 11.5 Å². The largest absolute Gasteiger partial charge is 0.481 e. The quantitative estimate of drug-likeness (QED) is 0.713. The molecule has 0 aromatic carbocycles. The van der Waals surface area contributed by atoms with E-state index in [1.165, 1.54) is 0 Å². The maximum atomic E-state index is 11.1. The average Bonchev–Trinajstić information content (AvgIpc) is 2.03. The summed E-state index contributed by atoms with van der Waals surface area (Å²) in [6, 6.07) is 0. The topological polar surface area (TPSA) is 57.5 Å². The second kappa shape index (κ2) is 3.50. The Morgan fingerprint density at radius 1 is 1.54 bits per heavy atom. The van der Waals surface area contributed by atoms with Crippen LogP contribution in [0.25, 0.3) is 0 Å². The summed E-state index contributed by atoms with van der Waals surface area (Å²) >= 11 is 1.62. The standard InChI is InChI=1S/C9H16O3S/c1-8(2,12)9(7(10)11)4-3-5-13-6-9/h12H,3-6H2,1-2H3,(H,10,11). The Morgan fingerprint density at radius 2 is 2.15 bits per heavy atom. The Balaban J connectivity index is 2.93. The van der Waals surface area contributed by atoms with E-state index in [0.29, 0.717) is 12.2 Å². The van der Waals surface area contributed by atoms with E-state index in [0.717, 1.165) is 12.2 Å². The molecule has 0 bridgehead atoms. The molecular formula is C9H16O3S. The van der Waals surface area contributed by atoms with Gasteiger partial charge in [-0.15, -0.1) is 0 Å². The van der Waals surface area contributed by atoms with Gasteiger partial charge in [-0.3, -0.25) is 4.79 Å². The van der Waals surface area contributed by atoms with Crippen LogP contribution in [-0.2, 0) is 4.79 Å². The molecule has 0 spiro atoms. The molecule has 0 radical (unpaired) electrons. The molecule has 1 fully saturated rings. The fourth-order valence-corrected chi connectivity index (χ4v) is 3.17. The van der Waals surface area contributed by atoms with Crippen molar-refractivity contribution < 1.29 is 15.0 Å². The Morgan fingerprint density at radius 3 is 2.38 bits per heavy atom. The van der Waals surface area contributed by atoms with Gasteiger partial charge in [-0.1, -0.05) is 0 Å². The van der Waals surface area contributed by atoms with Gasteiger partial charge < -0.3 is 10.2 Å². The zero-order valence-electron chi connectivity index (χ0n) is 8.04. The van der Waals surface area contributed by atoms with Crippen molar-refractivity contribution in [1.82, 2.24) is 0 Å². The van der Waals surface area contributed by atoms with Crippen LogP contribution in [0, 0.1) is 5.41 Å². The van der Waals surface area contributed by atoms with Gasteiger partial charge >= 0.3 is 5.97 Å². The van der Waals surface area contributed by atoms with Crippen molar-refractivity contribution in [2.24, 2.45) is 5.41 Å². The van der Waals surface area contributed by atoms with Gasteiger partial charge in [-0.05, 0) is 32.4 Å². The second-order valence-corrected chi connectivity index (χ2v) is 5.21. The third kappa shape index (κ3) is 1.83. The summed E-state index contributed by atoms with van der Waals surface area (Å²) in [6.07, 6.45) is 1.46. The highest BCUT2D eigenvalue weighted by Crippen LogP contribution is 2.43. The minimum absolute atomic E-state index is 0.520.